The number of aliphatic imine (C=N–C) groups is 1. The maximum absolute atomic E-state index is 13.1. The number of carboxylic acid groups (broad SMARTS) is 1. The lowest BCUT2D eigenvalue weighted by atomic mass is 10.0. The summed E-state index contributed by atoms with van der Waals surface area (Å²) >= 11 is 0. The molecule has 12 N–H and O–H groups in total. The second kappa shape index (κ2) is 15.7. The van der Waals surface area contributed by atoms with E-state index >= 15 is 0 Å². The summed E-state index contributed by atoms with van der Waals surface area (Å²) in [5, 5.41) is 16.8. The summed E-state index contributed by atoms with van der Waals surface area (Å²) < 4.78 is 0. The van der Waals surface area contributed by atoms with Gasteiger partial charge in [0.1, 0.15) is 18.1 Å². The van der Waals surface area contributed by atoms with E-state index in [0.717, 1.165) is 0 Å². The van der Waals surface area contributed by atoms with Crippen molar-refractivity contribution in [3.8, 4) is 0 Å². The SMILES string of the molecule is NCC(=O)NC(CCCN=C(N)N)C(=O)NC(Cc1ccccc1)C(=O)NC(CCC(N)=O)C(=O)O. The van der Waals surface area contributed by atoms with Crippen LogP contribution in [-0.4, -0.2) is 71.9 Å². The van der Waals surface area contributed by atoms with Crippen LogP contribution in [0.5, 0.6) is 0 Å². The quantitative estimate of drug-likeness (QED) is 0.0646. The Morgan fingerprint density at radius 2 is 1.47 bits per heavy atom. The first-order valence-electron chi connectivity index (χ1n) is 11.2. The van der Waals surface area contributed by atoms with E-state index in [9.17, 15) is 29.1 Å². The lowest BCUT2D eigenvalue weighted by Gasteiger charge is -2.24. The summed E-state index contributed by atoms with van der Waals surface area (Å²) in [7, 11) is 0. The van der Waals surface area contributed by atoms with Crippen LogP contribution >= 0.6 is 0 Å². The number of carboxylic acids is 1. The molecule has 0 radical (unpaired) electrons. The predicted molar refractivity (Wildman–Crippen MR) is 131 cm³/mol. The molecular weight excluding hydrogens is 472 g/mol. The Labute approximate surface area is 208 Å². The number of benzene rings is 1. The summed E-state index contributed by atoms with van der Waals surface area (Å²) in [6.45, 7) is -0.148. The molecule has 14 heteroatoms. The normalized spacial score (nSPS) is 12.9. The third kappa shape index (κ3) is 11.8. The van der Waals surface area contributed by atoms with E-state index in [0.29, 0.717) is 12.0 Å². The van der Waals surface area contributed by atoms with Gasteiger partial charge in [0, 0.05) is 19.4 Å². The second-order valence-electron chi connectivity index (χ2n) is 7.93. The number of nitrogens with zero attached hydrogens (tertiary/aromatic N) is 1. The highest BCUT2D eigenvalue weighted by Gasteiger charge is 2.29. The number of aliphatic carboxylic acids is 1. The molecule has 1 aromatic rings. The standard InChI is InChI=1S/C22H34N8O6/c23-12-18(32)28-14(7-4-10-27-22(25)26)19(33)30-16(11-13-5-2-1-3-6-13)20(34)29-15(21(35)36)8-9-17(24)31/h1-3,5-6,14-16H,4,7-12,23H2,(H2,24,31)(H,28,32)(H,29,34)(H,30,33)(H,35,36)(H4,25,26,27). The van der Waals surface area contributed by atoms with Gasteiger partial charge in [-0.15, -0.1) is 0 Å². The molecule has 0 saturated heterocycles. The number of primary amides is 1. The zero-order valence-corrected chi connectivity index (χ0v) is 19.8. The number of hydrogen-bond acceptors (Lipinski definition) is 7. The molecule has 0 aliphatic heterocycles. The van der Waals surface area contributed by atoms with E-state index in [2.05, 4.69) is 20.9 Å². The van der Waals surface area contributed by atoms with Gasteiger partial charge in [0.25, 0.3) is 0 Å². The van der Waals surface area contributed by atoms with Gasteiger partial charge in [-0.25, -0.2) is 4.79 Å². The predicted octanol–water partition coefficient (Wildman–Crippen LogP) is -2.95. The molecule has 3 atom stereocenters. The van der Waals surface area contributed by atoms with E-state index in [1.54, 1.807) is 30.3 Å². The fourth-order valence-corrected chi connectivity index (χ4v) is 3.17. The minimum Gasteiger partial charge on any atom is -0.480 e. The van der Waals surface area contributed by atoms with Crippen LogP contribution in [0.3, 0.4) is 0 Å². The Hall–Kier alpha value is -4.20. The molecule has 0 spiro atoms. The minimum atomic E-state index is -1.40. The van der Waals surface area contributed by atoms with Gasteiger partial charge in [-0.3, -0.25) is 24.2 Å². The van der Waals surface area contributed by atoms with E-state index < -0.39 is 47.7 Å². The second-order valence-corrected chi connectivity index (χ2v) is 7.93. The van der Waals surface area contributed by atoms with Crippen molar-refractivity contribution in [2.75, 3.05) is 13.1 Å². The monoisotopic (exact) mass is 506 g/mol. The summed E-state index contributed by atoms with van der Waals surface area (Å²) in [5.74, 6) is -4.24. The molecule has 0 saturated carbocycles. The summed E-state index contributed by atoms with van der Waals surface area (Å²) in [4.78, 5) is 64.4. The number of carbonyl (C=O) groups excluding carboxylic acids is 4. The third-order valence-corrected chi connectivity index (χ3v) is 4.99. The molecule has 0 heterocycles. The molecule has 14 nitrogen and oxygen atoms in total. The Kier molecular flexibility index (Phi) is 13.0. The Morgan fingerprint density at radius 1 is 0.861 bits per heavy atom. The highest BCUT2D eigenvalue weighted by Crippen LogP contribution is 2.07. The number of nitrogens with one attached hydrogen (secondary N) is 3. The van der Waals surface area contributed by atoms with Crippen molar-refractivity contribution < 1.29 is 29.1 Å². The molecule has 1 aromatic carbocycles. The molecule has 36 heavy (non-hydrogen) atoms. The lowest BCUT2D eigenvalue weighted by molar-refractivity contribution is -0.142. The molecule has 4 amide bonds. The summed E-state index contributed by atoms with van der Waals surface area (Å²) in [5.41, 5.74) is 21.7. The highest BCUT2D eigenvalue weighted by molar-refractivity contribution is 5.93. The Bertz CT molecular complexity index is 936. The summed E-state index contributed by atoms with van der Waals surface area (Å²) in [6, 6.07) is 5.09. The number of nitrogens with two attached hydrogens (primary N) is 4. The van der Waals surface area contributed by atoms with E-state index in [4.69, 9.17) is 22.9 Å². The van der Waals surface area contributed by atoms with Crippen LogP contribution in [0.2, 0.25) is 0 Å². The van der Waals surface area contributed by atoms with Crippen LogP contribution in [-0.2, 0) is 30.4 Å². The molecule has 0 aromatic heterocycles. The third-order valence-electron chi connectivity index (χ3n) is 4.99. The van der Waals surface area contributed by atoms with Gasteiger partial charge < -0.3 is 44.0 Å². The van der Waals surface area contributed by atoms with Gasteiger partial charge in [-0.2, -0.15) is 0 Å². The summed E-state index contributed by atoms with van der Waals surface area (Å²) in [6.07, 6.45) is 0.0411. The first-order valence-corrected chi connectivity index (χ1v) is 11.2. The average molecular weight is 507 g/mol. The molecule has 198 valence electrons. The van der Waals surface area contributed by atoms with E-state index in [1.807, 2.05) is 0 Å². The lowest BCUT2D eigenvalue weighted by Crippen LogP contribution is -2.56. The zero-order valence-electron chi connectivity index (χ0n) is 19.8. The van der Waals surface area contributed by atoms with Crippen molar-refractivity contribution in [3.63, 3.8) is 0 Å². The van der Waals surface area contributed by atoms with Crippen molar-refractivity contribution in [2.24, 2.45) is 27.9 Å². The molecule has 0 fully saturated rings. The van der Waals surface area contributed by atoms with Gasteiger partial charge >= 0.3 is 5.97 Å². The van der Waals surface area contributed by atoms with Crippen molar-refractivity contribution in [3.05, 3.63) is 35.9 Å². The maximum atomic E-state index is 13.1. The van der Waals surface area contributed by atoms with Crippen LogP contribution < -0.4 is 38.9 Å². The average Bonchev–Trinajstić information content (AvgIpc) is 2.82. The number of guanidine groups is 1. The van der Waals surface area contributed by atoms with E-state index in [1.165, 1.54) is 0 Å². The Balaban J connectivity index is 3.06. The number of carbonyl (C=O) groups is 5. The van der Waals surface area contributed by atoms with Crippen molar-refractivity contribution >= 4 is 35.6 Å². The number of amides is 4. The first-order chi connectivity index (χ1) is 17.0. The van der Waals surface area contributed by atoms with Gasteiger partial charge in [-0.1, -0.05) is 30.3 Å². The minimum absolute atomic E-state index is 0.0339. The zero-order chi connectivity index (χ0) is 27.1. The largest absolute Gasteiger partial charge is 0.480 e. The van der Waals surface area contributed by atoms with Gasteiger partial charge in [0.15, 0.2) is 5.96 Å². The highest BCUT2D eigenvalue weighted by atomic mass is 16.4. The fraction of sp³-hybridized carbons (Fsp3) is 0.455. The van der Waals surface area contributed by atoms with Crippen LogP contribution in [0.15, 0.2) is 35.3 Å². The topological polar surface area (TPSA) is 258 Å². The number of rotatable bonds is 16. The molecule has 0 aliphatic carbocycles. The van der Waals surface area contributed by atoms with E-state index in [-0.39, 0.29) is 44.7 Å². The Morgan fingerprint density at radius 3 is 2.03 bits per heavy atom. The maximum Gasteiger partial charge on any atom is 0.326 e. The fourth-order valence-electron chi connectivity index (χ4n) is 3.17. The van der Waals surface area contributed by atoms with Gasteiger partial charge in [-0.05, 0) is 24.8 Å². The number of hydrogen-bond donors (Lipinski definition) is 8. The molecular formula is C22H34N8O6. The van der Waals surface area contributed by atoms with Crippen LogP contribution in [0.4, 0.5) is 0 Å². The van der Waals surface area contributed by atoms with Crippen molar-refractivity contribution in [2.45, 2.75) is 50.2 Å². The van der Waals surface area contributed by atoms with Crippen LogP contribution in [0, 0.1) is 0 Å². The first kappa shape index (κ1) is 29.8. The molecule has 1 rings (SSSR count). The van der Waals surface area contributed by atoms with Crippen molar-refractivity contribution in [1.29, 1.82) is 0 Å². The van der Waals surface area contributed by atoms with Crippen LogP contribution in [0.25, 0.3) is 0 Å². The molecule has 0 aliphatic rings. The molecule has 3 unspecified atom stereocenters. The smallest absolute Gasteiger partial charge is 0.326 e. The van der Waals surface area contributed by atoms with Crippen LogP contribution in [0.1, 0.15) is 31.2 Å². The van der Waals surface area contributed by atoms with Crippen molar-refractivity contribution in [1.82, 2.24) is 16.0 Å². The molecule has 0 bridgehead atoms. The van der Waals surface area contributed by atoms with Gasteiger partial charge in [0.2, 0.25) is 23.6 Å². The van der Waals surface area contributed by atoms with Gasteiger partial charge in [0.05, 0.1) is 6.54 Å².